The second-order valence-electron chi connectivity index (χ2n) is 15.1. The number of ether oxygens (including phenoxy) is 2. The molecule has 0 aliphatic heterocycles. The van der Waals surface area contributed by atoms with Crippen LogP contribution >= 0.6 is 0 Å². The first-order valence-electron chi connectivity index (χ1n) is 17.4. The Morgan fingerprint density at radius 1 is 0.717 bits per heavy atom. The van der Waals surface area contributed by atoms with Crippen LogP contribution in [0.1, 0.15) is 64.8 Å². The van der Waals surface area contributed by atoms with Crippen molar-refractivity contribution in [1.29, 1.82) is 5.26 Å². The van der Waals surface area contributed by atoms with Gasteiger partial charge < -0.3 is 35.8 Å². The minimum atomic E-state index is -1.18. The molecule has 13 nitrogen and oxygen atoms in total. The van der Waals surface area contributed by atoms with E-state index in [2.05, 4.69) is 26.3 Å². The van der Waals surface area contributed by atoms with Gasteiger partial charge >= 0.3 is 12.2 Å². The summed E-state index contributed by atoms with van der Waals surface area (Å²) in [5, 5.41) is 32.3. The molecule has 53 heavy (non-hydrogen) atoms. The van der Waals surface area contributed by atoms with Crippen LogP contribution in [0.3, 0.4) is 0 Å². The van der Waals surface area contributed by atoms with Crippen LogP contribution < -0.4 is 21.3 Å². The van der Waals surface area contributed by atoms with Crippen molar-refractivity contribution in [3.63, 3.8) is 0 Å². The standard InChI is InChI=1S/C40H52N6O7/c1-39(2,3)33(45-37(50)52-7)35(48)43-30(20-25-12-10-9-11-13-25)22-32(47)31(44-36(49)34(40(4,5)6)46-38(51)53-8)21-26-14-16-27(17-15-26)28-18-19-29(23-41)42-24-28/h9-19,24,30-34,47H,20-22H2,1-8H3,(H,43,48)(H,44,49)(H,45,50)(H,46,51)/t30-,31-,32-,33+,34+/m0/s1. The number of carbonyl (C=O) groups excluding carboxylic acids is 4. The van der Waals surface area contributed by atoms with Crippen LogP contribution in [0.15, 0.2) is 72.9 Å². The third-order valence-corrected chi connectivity index (χ3v) is 8.76. The van der Waals surface area contributed by atoms with E-state index in [1.165, 1.54) is 14.2 Å². The molecule has 5 atom stereocenters. The molecule has 0 fully saturated rings. The third-order valence-electron chi connectivity index (χ3n) is 8.76. The number of nitrogens with one attached hydrogen (secondary N) is 4. The number of alkyl carbamates (subject to hydrolysis) is 2. The first-order valence-corrected chi connectivity index (χ1v) is 17.4. The number of nitrogens with zero attached hydrogens (tertiary/aromatic N) is 2. The molecular formula is C40H52N6O7. The number of carbonyl (C=O) groups is 4. The summed E-state index contributed by atoms with van der Waals surface area (Å²) in [6, 6.07) is 19.0. The van der Waals surface area contributed by atoms with Gasteiger partial charge in [-0.2, -0.15) is 5.26 Å². The minimum absolute atomic E-state index is 0.0281. The summed E-state index contributed by atoms with van der Waals surface area (Å²) in [5.74, 6) is -0.981. The maximum atomic E-state index is 13.9. The van der Waals surface area contributed by atoms with Crippen molar-refractivity contribution in [1.82, 2.24) is 26.3 Å². The number of nitriles is 1. The molecule has 0 radical (unpaired) electrons. The van der Waals surface area contributed by atoms with Gasteiger partial charge in [-0.3, -0.25) is 9.59 Å². The fourth-order valence-electron chi connectivity index (χ4n) is 5.80. The van der Waals surface area contributed by atoms with Crippen LogP contribution in [0.2, 0.25) is 0 Å². The van der Waals surface area contributed by atoms with Gasteiger partial charge in [-0.05, 0) is 58.9 Å². The minimum Gasteiger partial charge on any atom is -0.453 e. The molecule has 0 saturated heterocycles. The van der Waals surface area contributed by atoms with Crippen molar-refractivity contribution < 1.29 is 33.8 Å². The molecular weight excluding hydrogens is 676 g/mol. The van der Waals surface area contributed by atoms with Gasteiger partial charge in [-0.1, -0.05) is 96.1 Å². The predicted octanol–water partition coefficient (Wildman–Crippen LogP) is 4.67. The molecule has 0 bridgehead atoms. The Balaban J connectivity index is 1.97. The molecule has 5 N–H and O–H groups in total. The van der Waals surface area contributed by atoms with E-state index in [1.807, 2.05) is 81.4 Å². The monoisotopic (exact) mass is 728 g/mol. The zero-order valence-electron chi connectivity index (χ0n) is 31.7. The van der Waals surface area contributed by atoms with Crippen LogP contribution in [0.4, 0.5) is 9.59 Å². The number of pyridine rings is 1. The third kappa shape index (κ3) is 12.9. The molecule has 1 heterocycles. The van der Waals surface area contributed by atoms with Gasteiger partial charge in [0.05, 0.1) is 26.4 Å². The maximum absolute atomic E-state index is 13.9. The SMILES string of the molecule is COC(=O)N[C@H](C(=O)N[C@@H](Cc1ccccc1)C[C@H](O)[C@H](Cc1ccc(-c2ccc(C#N)nc2)cc1)NC(=O)[C@@H](NC(=O)OC)C(C)(C)C)C(C)(C)C. The van der Waals surface area contributed by atoms with Crippen LogP contribution in [0.25, 0.3) is 11.1 Å². The second-order valence-corrected chi connectivity index (χ2v) is 15.1. The second kappa shape index (κ2) is 18.8. The topological polar surface area (TPSA) is 192 Å². The summed E-state index contributed by atoms with van der Waals surface area (Å²) in [6.45, 7) is 10.9. The van der Waals surface area contributed by atoms with Crippen molar-refractivity contribution in [2.75, 3.05) is 14.2 Å². The molecule has 3 rings (SSSR count). The first kappa shape index (κ1) is 41.9. The number of aromatic nitrogens is 1. The van der Waals surface area contributed by atoms with Gasteiger partial charge in [0.25, 0.3) is 0 Å². The Morgan fingerprint density at radius 3 is 1.70 bits per heavy atom. The number of hydrogen-bond donors (Lipinski definition) is 5. The molecule has 0 aliphatic rings. The normalized spacial score (nSPS) is 14.3. The van der Waals surface area contributed by atoms with E-state index in [4.69, 9.17) is 14.7 Å². The van der Waals surface area contributed by atoms with E-state index in [-0.39, 0.29) is 12.8 Å². The Kier molecular flexibility index (Phi) is 14.9. The van der Waals surface area contributed by atoms with Gasteiger partial charge in [0.1, 0.15) is 23.8 Å². The molecule has 0 spiro atoms. The lowest BCUT2D eigenvalue weighted by Crippen LogP contribution is -2.59. The lowest BCUT2D eigenvalue weighted by molar-refractivity contribution is -0.128. The zero-order chi connectivity index (χ0) is 39.3. The van der Waals surface area contributed by atoms with Gasteiger partial charge in [0.2, 0.25) is 11.8 Å². The van der Waals surface area contributed by atoms with E-state index < -0.39 is 65.1 Å². The highest BCUT2D eigenvalue weighted by atomic mass is 16.5. The fourth-order valence-corrected chi connectivity index (χ4v) is 5.80. The largest absolute Gasteiger partial charge is 0.453 e. The lowest BCUT2D eigenvalue weighted by Gasteiger charge is -2.34. The maximum Gasteiger partial charge on any atom is 0.407 e. The number of benzene rings is 2. The molecule has 284 valence electrons. The van der Waals surface area contributed by atoms with Gasteiger partial charge in [-0.15, -0.1) is 0 Å². The van der Waals surface area contributed by atoms with Crippen LogP contribution in [-0.2, 0) is 31.9 Å². The number of amides is 4. The van der Waals surface area contributed by atoms with Crippen LogP contribution in [-0.4, -0.2) is 78.6 Å². The number of aliphatic hydroxyl groups excluding tert-OH is 1. The van der Waals surface area contributed by atoms with Gasteiger partial charge in [0.15, 0.2) is 0 Å². The van der Waals surface area contributed by atoms with E-state index in [0.717, 1.165) is 22.3 Å². The molecule has 0 aliphatic carbocycles. The highest BCUT2D eigenvalue weighted by Crippen LogP contribution is 2.24. The molecule has 0 saturated carbocycles. The summed E-state index contributed by atoms with van der Waals surface area (Å²) in [6.07, 6.45) is -0.512. The van der Waals surface area contributed by atoms with Crippen molar-refractivity contribution in [3.05, 3.63) is 89.7 Å². The zero-order valence-corrected chi connectivity index (χ0v) is 31.7. The van der Waals surface area contributed by atoms with Gasteiger partial charge in [0, 0.05) is 17.8 Å². The summed E-state index contributed by atoms with van der Waals surface area (Å²) < 4.78 is 9.55. The Bertz CT molecular complexity index is 1710. The van der Waals surface area contributed by atoms with Crippen LogP contribution in [0, 0.1) is 22.2 Å². The van der Waals surface area contributed by atoms with E-state index >= 15 is 0 Å². The fraction of sp³-hybridized carbons (Fsp3) is 0.450. The number of rotatable bonds is 14. The summed E-state index contributed by atoms with van der Waals surface area (Å²) in [7, 11) is 2.43. The van der Waals surface area contributed by atoms with Gasteiger partial charge in [-0.25, -0.2) is 14.6 Å². The van der Waals surface area contributed by atoms with Crippen molar-refractivity contribution >= 4 is 24.0 Å². The summed E-state index contributed by atoms with van der Waals surface area (Å²) in [5.41, 5.74) is 2.29. The Hall–Kier alpha value is -5.48. The highest BCUT2D eigenvalue weighted by molar-refractivity contribution is 5.87. The Morgan fingerprint density at radius 2 is 1.23 bits per heavy atom. The van der Waals surface area contributed by atoms with Crippen molar-refractivity contribution in [3.8, 4) is 17.2 Å². The van der Waals surface area contributed by atoms with Crippen LogP contribution in [0.5, 0.6) is 0 Å². The number of methoxy groups -OCH3 is 2. The first-order chi connectivity index (χ1) is 24.9. The molecule has 4 amide bonds. The number of aliphatic hydroxyl groups is 1. The molecule has 13 heteroatoms. The summed E-state index contributed by atoms with van der Waals surface area (Å²) in [4.78, 5) is 56.2. The summed E-state index contributed by atoms with van der Waals surface area (Å²) >= 11 is 0. The highest BCUT2D eigenvalue weighted by Gasteiger charge is 2.37. The molecule has 0 unspecified atom stereocenters. The predicted molar refractivity (Wildman–Crippen MR) is 200 cm³/mol. The smallest absolute Gasteiger partial charge is 0.407 e. The molecule has 1 aromatic heterocycles. The average molecular weight is 729 g/mol. The van der Waals surface area contributed by atoms with Crippen molar-refractivity contribution in [2.45, 2.75) is 91.1 Å². The lowest BCUT2D eigenvalue weighted by atomic mass is 9.85. The molecule has 2 aromatic carbocycles. The Labute approximate surface area is 311 Å². The van der Waals surface area contributed by atoms with E-state index in [1.54, 1.807) is 39.1 Å². The average Bonchev–Trinajstić information content (AvgIpc) is 3.11. The van der Waals surface area contributed by atoms with Crippen molar-refractivity contribution in [2.24, 2.45) is 10.8 Å². The number of hydrogen-bond acceptors (Lipinski definition) is 9. The molecule has 3 aromatic rings. The quantitative estimate of drug-likeness (QED) is 0.157. The van der Waals surface area contributed by atoms with E-state index in [9.17, 15) is 24.3 Å². The van der Waals surface area contributed by atoms with E-state index in [0.29, 0.717) is 12.1 Å².